The molecule has 6 heterocycles. The van der Waals surface area contributed by atoms with Gasteiger partial charge in [0.25, 0.3) is 5.91 Å². The third-order valence-electron chi connectivity index (χ3n) is 15.7. The van der Waals surface area contributed by atoms with Crippen LogP contribution in [0.25, 0.3) is 11.3 Å². The first-order chi connectivity index (χ1) is 38.6. The van der Waals surface area contributed by atoms with Crippen LogP contribution < -0.4 is 26.3 Å². The predicted octanol–water partition coefficient (Wildman–Crippen LogP) is 6.10. The monoisotopic (exact) mass is 1160 g/mol. The number of aliphatic hydroxyl groups excluding tert-OH is 1. The van der Waals surface area contributed by atoms with Crippen LogP contribution in [0.4, 0.5) is 50.5 Å². The fraction of sp³-hybridized carbons (Fsp3) is 0.527. The lowest BCUT2D eigenvalue weighted by Gasteiger charge is -2.47. The van der Waals surface area contributed by atoms with Crippen LogP contribution in [0.3, 0.4) is 0 Å². The summed E-state index contributed by atoms with van der Waals surface area (Å²) in [4.78, 5) is 61.9. The van der Waals surface area contributed by atoms with E-state index in [2.05, 4.69) is 41.8 Å². The molecule has 0 aliphatic carbocycles. The van der Waals surface area contributed by atoms with Gasteiger partial charge in [-0.1, -0.05) is 24.0 Å². The van der Waals surface area contributed by atoms with Crippen LogP contribution in [0.2, 0.25) is 0 Å². The molecule has 8 rings (SSSR count). The van der Waals surface area contributed by atoms with Gasteiger partial charge in [-0.15, -0.1) is 0 Å². The maximum atomic E-state index is 16.3. The number of nitrogens with zero attached hydrogens (tertiary/aromatic N) is 6. The Hall–Kier alpha value is -7.12. The van der Waals surface area contributed by atoms with E-state index < -0.39 is 108 Å². The number of hydrogen-bond donors (Lipinski definition) is 6. The van der Waals surface area contributed by atoms with Crippen molar-refractivity contribution in [1.29, 1.82) is 0 Å². The second kappa shape index (κ2) is 24.8. The number of carboxylic acid groups (broad SMARTS) is 1. The zero-order chi connectivity index (χ0) is 59.5. The topological polar surface area (TPSA) is 225 Å². The number of ether oxygens (including phenoxy) is 3. The summed E-state index contributed by atoms with van der Waals surface area (Å²) in [5, 5.41) is 32.4. The quantitative estimate of drug-likeness (QED) is 0.0355. The highest BCUT2D eigenvalue weighted by atomic mass is 19.4. The maximum absolute atomic E-state index is 16.3. The molecule has 4 amide bonds. The third-order valence-corrected chi connectivity index (χ3v) is 15.7. The Morgan fingerprint density at radius 1 is 0.780 bits per heavy atom. The van der Waals surface area contributed by atoms with E-state index in [0.717, 1.165) is 64.2 Å². The van der Waals surface area contributed by atoms with E-state index in [-0.39, 0.29) is 17.3 Å². The molecular weight excluding hydrogens is 1100 g/mol. The summed E-state index contributed by atoms with van der Waals surface area (Å²) < 4.78 is 137. The molecule has 2 aromatic carbocycles. The van der Waals surface area contributed by atoms with Crippen LogP contribution >= 0.6 is 0 Å². The van der Waals surface area contributed by atoms with Crippen molar-refractivity contribution >= 4 is 29.8 Å². The van der Waals surface area contributed by atoms with Crippen LogP contribution in [0.15, 0.2) is 67.0 Å². The number of amides is 4. The van der Waals surface area contributed by atoms with Crippen molar-refractivity contribution in [1.82, 2.24) is 46.0 Å². The Morgan fingerprint density at radius 3 is 1.91 bits per heavy atom. The average molecular weight is 1160 g/mol. The third kappa shape index (κ3) is 13.9. The minimum atomic E-state index is -5.24. The van der Waals surface area contributed by atoms with E-state index in [1.54, 1.807) is 29.2 Å². The summed E-state index contributed by atoms with van der Waals surface area (Å²) in [6.45, 7) is 4.16. The van der Waals surface area contributed by atoms with Crippen molar-refractivity contribution in [3.8, 4) is 23.1 Å². The zero-order valence-electron chi connectivity index (χ0n) is 45.4. The van der Waals surface area contributed by atoms with Crippen LogP contribution in [0.5, 0.6) is 0 Å². The molecule has 7 atom stereocenters. The number of alkyl carbamates (subject to hydrolysis) is 1. The fourth-order valence-electron chi connectivity index (χ4n) is 10.5. The van der Waals surface area contributed by atoms with E-state index in [9.17, 15) is 55.7 Å². The second-order valence-electron chi connectivity index (χ2n) is 22.0. The second-order valence-corrected chi connectivity index (χ2v) is 22.0. The van der Waals surface area contributed by atoms with E-state index in [1.165, 1.54) is 23.5 Å². The number of anilines is 1. The number of halogens is 8. The Balaban J connectivity index is 1.07. The molecule has 2 bridgehead atoms. The molecule has 4 fully saturated rings. The molecule has 27 heteroatoms. The van der Waals surface area contributed by atoms with Gasteiger partial charge in [-0.2, -0.15) is 31.4 Å². The standard InChI is InChI=1S/C55H64F8N10O9/c1-52(2,54(58,59)60)46(67-51(79)80-5)48(75)65-43(20-32-9-6-31(7-10-32)8-11-33-12-15-45(64-23-33)70-24-35-13-14-36(25-70)73(35)38-29-82-30-38)44(74)27-71(69-49(76)47(66-50(77)78)53(3,4)55(61,62)63)26-39-40(56)21-34(22-41(39)57)42-16-18-72(68-42)37-17-19-81-28-37/h6-7,9-10,12,15-16,18,21-23,35-38,43-44,46-47,66,74H,13-14,17,19-20,24-30H2,1-5H3,(H,65,75)(H,67,79)(H,69,76)(H,77,78)/t35?,36?,37-,43-,44-,46+,47+/m0/s1. The first kappa shape index (κ1) is 61.0. The normalized spacial score (nSPS) is 20.2. The van der Waals surface area contributed by atoms with Crippen LogP contribution in [-0.4, -0.2) is 167 Å². The van der Waals surface area contributed by atoms with Crippen LogP contribution in [0.1, 0.15) is 75.3 Å². The number of hydrogen-bond acceptors (Lipinski definition) is 13. The first-order valence-corrected chi connectivity index (χ1v) is 26.4. The highest BCUT2D eigenvalue weighted by Crippen LogP contribution is 2.42. The van der Waals surface area contributed by atoms with Crippen molar-refractivity contribution in [2.24, 2.45) is 10.8 Å². The summed E-state index contributed by atoms with van der Waals surface area (Å²) in [6.07, 6.45) is -10.3. The molecule has 4 aliphatic heterocycles. The minimum absolute atomic E-state index is 0.0426. The number of methoxy groups -OCH3 is 1. The summed E-state index contributed by atoms with van der Waals surface area (Å²) in [5.41, 5.74) is -3.45. The molecular formula is C55H64F8N10O9. The number of fused-ring (bicyclic) bond motifs is 2. The average Bonchev–Trinajstić information content (AvgIpc) is 4.19. The van der Waals surface area contributed by atoms with Gasteiger partial charge in [-0.3, -0.25) is 24.6 Å². The highest BCUT2D eigenvalue weighted by Gasteiger charge is 2.57. The molecule has 444 valence electrons. The predicted molar refractivity (Wildman–Crippen MR) is 278 cm³/mol. The van der Waals surface area contributed by atoms with Gasteiger partial charge in [0, 0.05) is 79.5 Å². The van der Waals surface area contributed by atoms with Gasteiger partial charge in [0.05, 0.1) is 67.7 Å². The van der Waals surface area contributed by atoms with Crippen molar-refractivity contribution in [3.05, 3.63) is 101 Å². The molecule has 4 saturated heterocycles. The van der Waals surface area contributed by atoms with Crippen molar-refractivity contribution in [2.75, 3.05) is 58.1 Å². The molecule has 2 aromatic heterocycles. The van der Waals surface area contributed by atoms with Gasteiger partial charge in [0.2, 0.25) is 5.91 Å². The first-order valence-electron chi connectivity index (χ1n) is 26.4. The van der Waals surface area contributed by atoms with Crippen molar-refractivity contribution < 1.29 is 78.7 Å². The van der Waals surface area contributed by atoms with E-state index in [4.69, 9.17) is 9.47 Å². The molecule has 4 aliphatic rings. The Morgan fingerprint density at radius 2 is 1.38 bits per heavy atom. The van der Waals surface area contributed by atoms with Gasteiger partial charge in [0.1, 0.15) is 29.5 Å². The van der Waals surface area contributed by atoms with E-state index in [0.29, 0.717) is 87.2 Å². The number of rotatable bonds is 19. The molecule has 4 aromatic rings. The SMILES string of the molecule is COC(=O)N[C@H](C(=O)N[C@@H](Cc1ccc(C#Cc2ccc(N3CC4CCC(C3)N4C3COC3)nc2)cc1)[C@@H](O)CN(Cc1c(F)cc(-c2ccn([C@H]3CCOC3)n2)cc1F)NC(=O)[C@@H](NC(=O)O)C(C)(C)C(F)(F)F)C(C)(C)C(F)(F)F. The molecule has 0 radical (unpaired) electrons. The maximum Gasteiger partial charge on any atom is 0.407 e. The minimum Gasteiger partial charge on any atom is -0.465 e. The largest absolute Gasteiger partial charge is 0.465 e. The number of hydrazine groups is 1. The van der Waals surface area contributed by atoms with Gasteiger partial charge < -0.3 is 45.3 Å². The Bertz CT molecular complexity index is 2960. The molecule has 0 spiro atoms. The van der Waals surface area contributed by atoms with Gasteiger partial charge in [0.15, 0.2) is 0 Å². The lowest BCUT2D eigenvalue weighted by molar-refractivity contribution is -0.221. The van der Waals surface area contributed by atoms with Crippen LogP contribution in [-0.2, 0) is 36.8 Å². The number of piperazine rings is 1. The number of carbonyl (C=O) groups is 4. The molecule has 2 unspecified atom stereocenters. The summed E-state index contributed by atoms with van der Waals surface area (Å²) in [7, 11) is 0.839. The van der Waals surface area contributed by atoms with Gasteiger partial charge >= 0.3 is 24.5 Å². The number of pyridine rings is 1. The lowest BCUT2D eigenvalue weighted by Crippen LogP contribution is -2.63. The Labute approximate surface area is 467 Å². The van der Waals surface area contributed by atoms with Crippen molar-refractivity contribution in [2.45, 2.75) is 121 Å². The van der Waals surface area contributed by atoms with Crippen molar-refractivity contribution in [3.63, 3.8) is 0 Å². The van der Waals surface area contributed by atoms with Gasteiger partial charge in [-0.05, 0) is 101 Å². The fourth-order valence-corrected chi connectivity index (χ4v) is 10.5. The molecule has 19 nitrogen and oxygen atoms in total. The van der Waals surface area contributed by atoms with E-state index in [1.807, 2.05) is 22.9 Å². The summed E-state index contributed by atoms with van der Waals surface area (Å²) in [6, 6.07) is 7.57. The molecule has 6 N–H and O–H groups in total. The Kier molecular flexibility index (Phi) is 18.4. The molecule has 0 saturated carbocycles. The number of alkyl halides is 6. The number of benzene rings is 2. The summed E-state index contributed by atoms with van der Waals surface area (Å²) in [5.74, 6) is 1.17. The highest BCUT2D eigenvalue weighted by molar-refractivity contribution is 5.87. The lowest BCUT2D eigenvalue weighted by atomic mass is 9.82. The number of aromatic nitrogens is 3. The smallest absolute Gasteiger partial charge is 0.407 e. The van der Waals surface area contributed by atoms with Crippen LogP contribution in [0, 0.1) is 34.3 Å². The molecule has 82 heavy (non-hydrogen) atoms. The number of aliphatic hydroxyl groups is 1. The zero-order valence-corrected chi connectivity index (χ0v) is 45.4. The number of nitrogens with one attached hydrogen (secondary N) is 4. The van der Waals surface area contributed by atoms with E-state index >= 15 is 8.78 Å². The number of carbonyl (C=O) groups excluding carboxylic acids is 3. The van der Waals surface area contributed by atoms with Gasteiger partial charge in [-0.25, -0.2) is 28.4 Å². The summed E-state index contributed by atoms with van der Waals surface area (Å²) >= 11 is 0.